The number of carbonyl (C=O) groups is 1. The number of nitrogens with zero attached hydrogens (tertiary/aromatic N) is 1. The van der Waals surface area contributed by atoms with Crippen LogP contribution in [-0.4, -0.2) is 43.7 Å². The molecule has 1 aromatic rings. The lowest BCUT2D eigenvalue weighted by Gasteiger charge is -2.27. The second kappa shape index (κ2) is 7.76. The zero-order valence-corrected chi connectivity index (χ0v) is 13.2. The Bertz CT molecular complexity index is 425. The largest absolute Gasteiger partial charge is 0.465 e. The monoisotopic (exact) mass is 296 g/mol. The van der Waals surface area contributed by atoms with Crippen molar-refractivity contribution in [2.75, 3.05) is 32.8 Å². The number of rotatable bonds is 5. The van der Waals surface area contributed by atoms with E-state index in [1.165, 1.54) is 4.88 Å². The molecule has 1 aliphatic heterocycles. The maximum Gasteiger partial charge on any atom is 0.328 e. The molecule has 112 valence electrons. The number of ether oxygens (including phenoxy) is 1. The van der Waals surface area contributed by atoms with Crippen LogP contribution in [0, 0.1) is 0 Å². The van der Waals surface area contributed by atoms with Crippen molar-refractivity contribution in [2.24, 2.45) is 0 Å². The van der Waals surface area contributed by atoms with Crippen LogP contribution in [0.3, 0.4) is 0 Å². The molecule has 5 heteroatoms. The average molecular weight is 296 g/mol. The first-order valence-corrected chi connectivity index (χ1v) is 8.28. The zero-order chi connectivity index (χ0) is 14.4. The van der Waals surface area contributed by atoms with Gasteiger partial charge in [0, 0.05) is 29.4 Å². The predicted octanol–water partition coefficient (Wildman–Crippen LogP) is 2.21. The minimum Gasteiger partial charge on any atom is -0.465 e. The van der Waals surface area contributed by atoms with E-state index < -0.39 is 0 Å². The maximum atomic E-state index is 12.4. The molecule has 2 rings (SSSR count). The van der Waals surface area contributed by atoms with Crippen LogP contribution in [0.25, 0.3) is 0 Å². The molecular weight excluding hydrogens is 272 g/mol. The molecule has 1 saturated heterocycles. The van der Waals surface area contributed by atoms with E-state index in [1.807, 2.05) is 6.92 Å². The summed E-state index contributed by atoms with van der Waals surface area (Å²) in [6.07, 6.45) is 2.09. The van der Waals surface area contributed by atoms with Crippen LogP contribution >= 0.6 is 11.3 Å². The first-order chi connectivity index (χ1) is 9.76. The standard InChI is InChI=1S/C15H24N2O2S/c1-3-12-6-7-13(20-12)14(15(18)19-4-2)17-10-5-8-16-9-11-17/h6-7,14,16H,3-5,8-11H2,1-2H3. The molecule has 1 aliphatic rings. The van der Waals surface area contributed by atoms with Gasteiger partial charge in [0.2, 0.25) is 0 Å². The van der Waals surface area contributed by atoms with E-state index >= 15 is 0 Å². The van der Waals surface area contributed by atoms with Gasteiger partial charge in [-0.25, -0.2) is 4.79 Å². The van der Waals surface area contributed by atoms with Crippen LogP contribution in [0.1, 0.15) is 36.1 Å². The highest BCUT2D eigenvalue weighted by atomic mass is 32.1. The normalized spacial score (nSPS) is 18.5. The minimum atomic E-state index is -0.236. The summed E-state index contributed by atoms with van der Waals surface area (Å²) >= 11 is 1.73. The van der Waals surface area contributed by atoms with Gasteiger partial charge in [0.25, 0.3) is 0 Å². The smallest absolute Gasteiger partial charge is 0.328 e. The molecule has 0 radical (unpaired) electrons. The molecule has 1 aromatic heterocycles. The summed E-state index contributed by atoms with van der Waals surface area (Å²) in [4.78, 5) is 17.1. The Hall–Kier alpha value is -0.910. The van der Waals surface area contributed by atoms with Gasteiger partial charge in [0.1, 0.15) is 6.04 Å². The molecule has 0 bridgehead atoms. The SMILES string of the molecule is CCOC(=O)C(c1ccc(CC)s1)N1CCCNCC1. The average Bonchev–Trinajstić information content (AvgIpc) is 2.75. The van der Waals surface area contributed by atoms with Crippen molar-refractivity contribution in [1.82, 2.24) is 10.2 Å². The lowest BCUT2D eigenvalue weighted by Crippen LogP contribution is -2.37. The topological polar surface area (TPSA) is 41.6 Å². The number of aryl methyl sites for hydroxylation is 1. The third kappa shape index (κ3) is 3.81. The quantitative estimate of drug-likeness (QED) is 0.846. The van der Waals surface area contributed by atoms with Gasteiger partial charge in [-0.15, -0.1) is 11.3 Å². The van der Waals surface area contributed by atoms with Gasteiger partial charge in [0.05, 0.1) is 6.61 Å². The number of esters is 1. The highest BCUT2D eigenvalue weighted by Gasteiger charge is 2.30. The Balaban J connectivity index is 2.20. The van der Waals surface area contributed by atoms with E-state index in [9.17, 15) is 4.79 Å². The van der Waals surface area contributed by atoms with Crippen molar-refractivity contribution >= 4 is 17.3 Å². The second-order valence-electron chi connectivity index (χ2n) is 4.95. The van der Waals surface area contributed by atoms with Gasteiger partial charge in [-0.1, -0.05) is 6.92 Å². The third-order valence-electron chi connectivity index (χ3n) is 3.55. The fraction of sp³-hybridized carbons (Fsp3) is 0.667. The van der Waals surface area contributed by atoms with Gasteiger partial charge in [-0.3, -0.25) is 4.90 Å². The summed E-state index contributed by atoms with van der Waals surface area (Å²) in [5.41, 5.74) is 0. The lowest BCUT2D eigenvalue weighted by molar-refractivity contribution is -0.149. The molecule has 4 nitrogen and oxygen atoms in total. The highest BCUT2D eigenvalue weighted by molar-refractivity contribution is 7.12. The van der Waals surface area contributed by atoms with Crippen LogP contribution in [0.15, 0.2) is 12.1 Å². The van der Waals surface area contributed by atoms with Crippen molar-refractivity contribution < 1.29 is 9.53 Å². The Kier molecular flexibility index (Phi) is 6.01. The van der Waals surface area contributed by atoms with Gasteiger partial charge in [-0.2, -0.15) is 0 Å². The van der Waals surface area contributed by atoms with E-state index in [1.54, 1.807) is 11.3 Å². The second-order valence-corrected chi connectivity index (χ2v) is 6.15. The van der Waals surface area contributed by atoms with E-state index in [0.29, 0.717) is 6.61 Å². The number of hydrogen-bond donors (Lipinski definition) is 1. The first-order valence-electron chi connectivity index (χ1n) is 7.46. The molecule has 0 aliphatic carbocycles. The van der Waals surface area contributed by atoms with E-state index in [0.717, 1.165) is 43.9 Å². The fourth-order valence-corrected chi connectivity index (χ4v) is 3.60. The summed E-state index contributed by atoms with van der Waals surface area (Å²) in [6.45, 7) is 8.24. The highest BCUT2D eigenvalue weighted by Crippen LogP contribution is 2.29. The summed E-state index contributed by atoms with van der Waals surface area (Å²) in [5.74, 6) is -0.112. The van der Waals surface area contributed by atoms with Gasteiger partial charge in [0.15, 0.2) is 0 Å². The Morgan fingerprint density at radius 3 is 2.95 bits per heavy atom. The van der Waals surface area contributed by atoms with Crippen LogP contribution < -0.4 is 5.32 Å². The molecular formula is C15H24N2O2S. The molecule has 0 amide bonds. The van der Waals surface area contributed by atoms with Crippen LogP contribution in [0.5, 0.6) is 0 Å². The fourth-order valence-electron chi connectivity index (χ4n) is 2.52. The van der Waals surface area contributed by atoms with Gasteiger partial charge >= 0.3 is 5.97 Å². The third-order valence-corrected chi connectivity index (χ3v) is 4.83. The van der Waals surface area contributed by atoms with Gasteiger partial charge < -0.3 is 10.1 Å². The maximum absolute atomic E-state index is 12.4. The molecule has 1 unspecified atom stereocenters. The molecule has 1 atom stereocenters. The van der Waals surface area contributed by atoms with E-state index in [-0.39, 0.29) is 12.0 Å². The predicted molar refractivity (Wildman–Crippen MR) is 82.1 cm³/mol. The van der Waals surface area contributed by atoms with Crippen LogP contribution in [0.2, 0.25) is 0 Å². The van der Waals surface area contributed by atoms with E-state index in [2.05, 4.69) is 29.3 Å². The lowest BCUT2D eigenvalue weighted by atomic mass is 10.2. The van der Waals surface area contributed by atoms with Crippen molar-refractivity contribution in [3.05, 3.63) is 21.9 Å². The zero-order valence-electron chi connectivity index (χ0n) is 12.4. The summed E-state index contributed by atoms with van der Waals surface area (Å²) < 4.78 is 5.30. The number of hydrogen-bond acceptors (Lipinski definition) is 5. The summed E-state index contributed by atoms with van der Waals surface area (Å²) in [7, 11) is 0. The Morgan fingerprint density at radius 1 is 1.40 bits per heavy atom. The Labute approximate surface area is 125 Å². The molecule has 2 heterocycles. The van der Waals surface area contributed by atoms with Crippen molar-refractivity contribution in [3.63, 3.8) is 0 Å². The molecule has 1 fully saturated rings. The number of carbonyl (C=O) groups excluding carboxylic acids is 1. The first kappa shape index (κ1) is 15.5. The molecule has 20 heavy (non-hydrogen) atoms. The van der Waals surface area contributed by atoms with Crippen molar-refractivity contribution in [3.8, 4) is 0 Å². The van der Waals surface area contributed by atoms with E-state index in [4.69, 9.17) is 4.74 Å². The van der Waals surface area contributed by atoms with Crippen molar-refractivity contribution in [1.29, 1.82) is 0 Å². The summed E-state index contributed by atoms with van der Waals surface area (Å²) in [5, 5.41) is 3.38. The number of nitrogens with one attached hydrogen (secondary N) is 1. The number of thiophene rings is 1. The minimum absolute atomic E-state index is 0.112. The molecule has 0 aromatic carbocycles. The Morgan fingerprint density at radius 2 is 2.25 bits per heavy atom. The van der Waals surface area contributed by atoms with Gasteiger partial charge in [-0.05, 0) is 38.4 Å². The van der Waals surface area contributed by atoms with Crippen LogP contribution in [-0.2, 0) is 16.0 Å². The van der Waals surface area contributed by atoms with Crippen molar-refractivity contribution in [2.45, 2.75) is 32.7 Å². The summed E-state index contributed by atoms with van der Waals surface area (Å²) in [6, 6.07) is 3.98. The molecule has 1 N–H and O–H groups in total. The molecule has 0 saturated carbocycles. The molecule has 0 spiro atoms. The van der Waals surface area contributed by atoms with Crippen LogP contribution in [0.4, 0.5) is 0 Å².